The minimum absolute atomic E-state index is 0.0777. The van der Waals surface area contributed by atoms with Crippen LogP contribution in [0.5, 0.6) is 0 Å². The third kappa shape index (κ3) is 6.01. The molecule has 1 aromatic carbocycles. The molecule has 2 unspecified atom stereocenters. The molecule has 1 amide bonds. The van der Waals surface area contributed by atoms with Gasteiger partial charge < -0.3 is 19.9 Å². The van der Waals surface area contributed by atoms with E-state index in [9.17, 15) is 26.7 Å². The van der Waals surface area contributed by atoms with E-state index < -0.39 is 24.6 Å². The minimum atomic E-state index is -4.45. The van der Waals surface area contributed by atoms with Crippen LogP contribution in [-0.2, 0) is 30.6 Å². The van der Waals surface area contributed by atoms with Gasteiger partial charge in [0, 0.05) is 50.4 Å². The first kappa shape index (κ1) is 27.7. The van der Waals surface area contributed by atoms with Crippen molar-refractivity contribution in [3.8, 4) is 0 Å². The van der Waals surface area contributed by atoms with Gasteiger partial charge in [0.2, 0.25) is 0 Å². The molecule has 2 aromatic rings. The van der Waals surface area contributed by atoms with Crippen molar-refractivity contribution in [2.45, 2.75) is 70.3 Å². The first-order valence-electron chi connectivity index (χ1n) is 13.3. The van der Waals surface area contributed by atoms with Crippen molar-refractivity contribution in [3.63, 3.8) is 0 Å². The number of halogens is 5. The second-order valence-corrected chi connectivity index (χ2v) is 10.4. The predicted octanol–water partition coefficient (Wildman–Crippen LogP) is 4.16. The number of aromatic nitrogens is 2. The number of nitrogens with one attached hydrogen (secondary N) is 1. The van der Waals surface area contributed by atoms with Gasteiger partial charge in [-0.05, 0) is 55.9 Å². The Morgan fingerprint density at radius 1 is 1.13 bits per heavy atom. The van der Waals surface area contributed by atoms with Gasteiger partial charge in [-0.15, -0.1) is 0 Å². The summed E-state index contributed by atoms with van der Waals surface area (Å²) < 4.78 is 72.9. The summed E-state index contributed by atoms with van der Waals surface area (Å²) in [4.78, 5) is 25.5. The molecule has 7 nitrogen and oxygen atoms in total. The van der Waals surface area contributed by atoms with Gasteiger partial charge in [-0.3, -0.25) is 4.79 Å². The average Bonchev–Trinajstić information content (AvgIpc) is 2.93. The van der Waals surface area contributed by atoms with Crippen molar-refractivity contribution < 1.29 is 31.5 Å². The largest absolute Gasteiger partial charge is 0.416 e. The fourth-order valence-electron chi connectivity index (χ4n) is 5.63. The Bertz CT molecular complexity index is 1200. The first-order chi connectivity index (χ1) is 18.6. The van der Waals surface area contributed by atoms with E-state index in [1.807, 2.05) is 0 Å². The lowest BCUT2D eigenvalue weighted by Crippen LogP contribution is -2.52. The lowest BCUT2D eigenvalue weighted by atomic mass is 9.96. The van der Waals surface area contributed by atoms with Gasteiger partial charge in [-0.2, -0.15) is 13.2 Å². The quantitative estimate of drug-likeness (QED) is 0.561. The molecule has 0 aliphatic carbocycles. The minimum Gasteiger partial charge on any atom is -0.378 e. The standard InChI is InChI=1S/C27H32F5N5O2/c1-16-24(26(38)36-9-5-20(6-10-36)33-22-7-11-39-15-21(22)29)34-23(13-28)35-25(16)37-8-4-17-2-3-19(27(30,31)32)12-18(17)14-37/h2-3,12,20-22,33H,4-11,13-15H2,1H3. The maximum Gasteiger partial charge on any atom is 0.416 e. The number of benzene rings is 1. The van der Waals surface area contributed by atoms with E-state index >= 15 is 0 Å². The molecule has 0 bridgehead atoms. The zero-order chi connectivity index (χ0) is 27.7. The van der Waals surface area contributed by atoms with Gasteiger partial charge in [-0.25, -0.2) is 18.7 Å². The van der Waals surface area contributed by atoms with Crippen LogP contribution in [0.25, 0.3) is 0 Å². The second-order valence-electron chi connectivity index (χ2n) is 10.4. The van der Waals surface area contributed by atoms with Crippen LogP contribution in [-0.4, -0.2) is 71.9 Å². The van der Waals surface area contributed by atoms with Crippen molar-refractivity contribution in [2.75, 3.05) is 37.7 Å². The molecule has 212 valence electrons. The molecule has 2 saturated heterocycles. The number of carbonyl (C=O) groups excluding carboxylic acids is 1. The molecule has 12 heteroatoms. The fourth-order valence-corrected chi connectivity index (χ4v) is 5.63. The molecule has 0 spiro atoms. The molecular formula is C27H32F5N5O2. The Balaban J connectivity index is 1.31. The van der Waals surface area contributed by atoms with Crippen molar-refractivity contribution in [1.82, 2.24) is 20.2 Å². The van der Waals surface area contributed by atoms with Gasteiger partial charge in [0.1, 0.15) is 24.4 Å². The Labute approximate surface area is 223 Å². The number of fused-ring (bicyclic) bond motifs is 1. The van der Waals surface area contributed by atoms with E-state index in [1.165, 1.54) is 6.07 Å². The summed E-state index contributed by atoms with van der Waals surface area (Å²) in [5.41, 5.74) is 1.19. The molecule has 0 radical (unpaired) electrons. The maximum absolute atomic E-state index is 14.1. The third-order valence-corrected chi connectivity index (χ3v) is 7.85. The summed E-state index contributed by atoms with van der Waals surface area (Å²) in [6, 6.07) is 3.55. The highest BCUT2D eigenvalue weighted by Gasteiger charge is 2.34. The van der Waals surface area contributed by atoms with Crippen LogP contribution in [0.15, 0.2) is 18.2 Å². The molecule has 1 aromatic heterocycles. The summed E-state index contributed by atoms with van der Waals surface area (Å²) in [6.07, 6.45) is -3.11. The lowest BCUT2D eigenvalue weighted by Gasteiger charge is -2.37. The van der Waals surface area contributed by atoms with Crippen molar-refractivity contribution in [1.29, 1.82) is 0 Å². The number of rotatable bonds is 5. The molecule has 2 atom stereocenters. The van der Waals surface area contributed by atoms with Crippen molar-refractivity contribution in [3.05, 3.63) is 52.0 Å². The van der Waals surface area contributed by atoms with Gasteiger partial charge in [0.05, 0.1) is 12.2 Å². The van der Waals surface area contributed by atoms with Crippen LogP contribution in [0.1, 0.15) is 57.8 Å². The van der Waals surface area contributed by atoms with E-state index in [1.54, 1.807) is 16.7 Å². The highest BCUT2D eigenvalue weighted by Crippen LogP contribution is 2.34. The fraction of sp³-hybridized carbons (Fsp3) is 0.593. The molecule has 0 saturated carbocycles. The Hall–Kier alpha value is -2.86. The highest BCUT2D eigenvalue weighted by molar-refractivity contribution is 5.95. The third-order valence-electron chi connectivity index (χ3n) is 7.85. The van der Waals surface area contributed by atoms with E-state index in [0.29, 0.717) is 68.9 Å². The summed E-state index contributed by atoms with van der Waals surface area (Å²) in [5, 5.41) is 3.36. The Kier molecular flexibility index (Phi) is 8.04. The van der Waals surface area contributed by atoms with Crippen molar-refractivity contribution in [2.24, 2.45) is 0 Å². The molecule has 4 heterocycles. The summed E-state index contributed by atoms with van der Waals surface area (Å²) in [6.45, 7) is 2.84. The van der Waals surface area contributed by atoms with E-state index in [2.05, 4.69) is 15.3 Å². The normalized spacial score (nSPS) is 22.6. The van der Waals surface area contributed by atoms with Crippen LogP contribution < -0.4 is 10.2 Å². The Morgan fingerprint density at radius 3 is 2.59 bits per heavy atom. The molecule has 1 N–H and O–H groups in total. The first-order valence-corrected chi connectivity index (χ1v) is 13.3. The van der Waals surface area contributed by atoms with E-state index in [-0.39, 0.29) is 42.7 Å². The van der Waals surface area contributed by atoms with E-state index in [4.69, 9.17) is 4.74 Å². The number of nitrogens with zero attached hydrogens (tertiary/aromatic N) is 4. The predicted molar refractivity (Wildman–Crippen MR) is 134 cm³/mol. The smallest absolute Gasteiger partial charge is 0.378 e. The monoisotopic (exact) mass is 553 g/mol. The molecule has 3 aliphatic heterocycles. The van der Waals surface area contributed by atoms with E-state index in [0.717, 1.165) is 17.7 Å². The lowest BCUT2D eigenvalue weighted by molar-refractivity contribution is -0.137. The number of likely N-dealkylation sites (tertiary alicyclic amines) is 1. The van der Waals surface area contributed by atoms with Crippen LogP contribution in [0.3, 0.4) is 0 Å². The zero-order valence-corrected chi connectivity index (χ0v) is 21.7. The number of alkyl halides is 5. The summed E-state index contributed by atoms with van der Waals surface area (Å²) in [7, 11) is 0. The molecule has 39 heavy (non-hydrogen) atoms. The number of anilines is 1. The summed E-state index contributed by atoms with van der Waals surface area (Å²) >= 11 is 0. The number of piperidine rings is 1. The topological polar surface area (TPSA) is 70.6 Å². The molecule has 5 rings (SSSR count). The van der Waals surface area contributed by atoms with Crippen molar-refractivity contribution >= 4 is 11.7 Å². The van der Waals surface area contributed by atoms with Gasteiger partial charge in [0.15, 0.2) is 5.82 Å². The van der Waals surface area contributed by atoms with Gasteiger partial charge in [-0.1, -0.05) is 6.07 Å². The second kappa shape index (κ2) is 11.3. The van der Waals surface area contributed by atoms with Crippen LogP contribution in [0.4, 0.5) is 27.8 Å². The van der Waals surface area contributed by atoms with Crippen LogP contribution in [0.2, 0.25) is 0 Å². The SMILES string of the molecule is Cc1c(C(=O)N2CCC(NC3CCOCC3F)CC2)nc(CF)nc1N1CCc2ccc(C(F)(F)F)cc2C1. The van der Waals surface area contributed by atoms with Crippen LogP contribution >= 0.6 is 0 Å². The van der Waals surface area contributed by atoms with Gasteiger partial charge >= 0.3 is 6.18 Å². The zero-order valence-electron chi connectivity index (χ0n) is 21.7. The highest BCUT2D eigenvalue weighted by atomic mass is 19.4. The molecule has 2 fully saturated rings. The molecule has 3 aliphatic rings. The number of hydrogen-bond donors (Lipinski definition) is 1. The number of ether oxygens (including phenoxy) is 1. The summed E-state index contributed by atoms with van der Waals surface area (Å²) in [5.74, 6) is -0.122. The number of carbonyl (C=O) groups is 1. The number of amides is 1. The number of hydrogen-bond acceptors (Lipinski definition) is 6. The average molecular weight is 554 g/mol. The van der Waals surface area contributed by atoms with Crippen LogP contribution in [0, 0.1) is 6.92 Å². The Morgan fingerprint density at radius 2 is 1.90 bits per heavy atom. The molecular weight excluding hydrogens is 521 g/mol. The maximum atomic E-state index is 14.1. The van der Waals surface area contributed by atoms with Gasteiger partial charge in [0.25, 0.3) is 5.91 Å².